The number of anilines is 3. The molecule has 40 heavy (non-hydrogen) atoms. The molecule has 0 saturated carbocycles. The van der Waals surface area contributed by atoms with E-state index in [4.69, 9.17) is 4.98 Å². The van der Waals surface area contributed by atoms with Crippen LogP contribution in [0, 0.1) is 5.82 Å². The Hall–Kier alpha value is -4.03. The van der Waals surface area contributed by atoms with E-state index in [0.717, 1.165) is 44.8 Å². The molecule has 2 aliphatic rings. The van der Waals surface area contributed by atoms with Gasteiger partial charge in [0.05, 0.1) is 17.4 Å². The molecular formula is C28H35FN10O. The second-order valence-corrected chi connectivity index (χ2v) is 10.8. The Bertz CT molecular complexity index is 1520. The van der Waals surface area contributed by atoms with E-state index in [1.54, 1.807) is 15.5 Å². The highest BCUT2D eigenvalue weighted by atomic mass is 19.1. The van der Waals surface area contributed by atoms with E-state index >= 15 is 0 Å². The van der Waals surface area contributed by atoms with Gasteiger partial charge in [-0.2, -0.15) is 10.1 Å². The number of amides is 1. The molecule has 2 N–H and O–H groups in total. The lowest BCUT2D eigenvalue weighted by molar-refractivity contribution is 0.0659. The van der Waals surface area contributed by atoms with E-state index in [1.165, 1.54) is 17.7 Å². The van der Waals surface area contributed by atoms with Crippen LogP contribution >= 0.6 is 0 Å². The summed E-state index contributed by atoms with van der Waals surface area (Å²) in [6.07, 6.45) is 6.87. The van der Waals surface area contributed by atoms with Crippen LogP contribution in [-0.4, -0.2) is 100.0 Å². The number of aromatic nitrogens is 5. The Morgan fingerprint density at radius 3 is 2.65 bits per heavy atom. The Morgan fingerprint density at radius 1 is 1.15 bits per heavy atom. The lowest BCUT2D eigenvalue weighted by atomic mass is 9.89. The summed E-state index contributed by atoms with van der Waals surface area (Å²) in [6, 6.07) is 8.53. The summed E-state index contributed by atoms with van der Waals surface area (Å²) in [7, 11) is 3.98. The van der Waals surface area contributed by atoms with Crippen molar-refractivity contribution in [3.8, 4) is 0 Å². The first-order valence-corrected chi connectivity index (χ1v) is 13.7. The molecule has 5 heterocycles. The molecule has 0 aliphatic carbocycles. The molecule has 4 aromatic rings. The van der Waals surface area contributed by atoms with Crippen molar-refractivity contribution in [1.82, 2.24) is 39.5 Å². The molecule has 2 saturated heterocycles. The molecule has 2 fully saturated rings. The van der Waals surface area contributed by atoms with Crippen molar-refractivity contribution in [2.24, 2.45) is 0 Å². The number of nitrogens with one attached hydrogen (secondary N) is 2. The van der Waals surface area contributed by atoms with Crippen LogP contribution in [0.15, 0.2) is 48.9 Å². The molecule has 0 radical (unpaired) electrons. The van der Waals surface area contributed by atoms with Gasteiger partial charge in [-0.05, 0) is 56.4 Å². The molecule has 1 aromatic carbocycles. The van der Waals surface area contributed by atoms with Gasteiger partial charge < -0.3 is 25.3 Å². The second kappa shape index (κ2) is 10.5. The number of likely N-dealkylation sites (N-methyl/N-ethyl adjacent to an activating group) is 2. The second-order valence-electron chi connectivity index (χ2n) is 10.8. The zero-order valence-electron chi connectivity index (χ0n) is 23.1. The molecular weight excluding hydrogens is 511 g/mol. The number of carbonyl (C=O) groups excluding carboxylic acids is 1. The fraction of sp³-hybridized carbons (Fsp3) is 0.429. The van der Waals surface area contributed by atoms with Gasteiger partial charge in [-0.15, -0.1) is 5.10 Å². The van der Waals surface area contributed by atoms with Crippen LogP contribution in [0.3, 0.4) is 0 Å². The smallest absolute Gasteiger partial charge is 0.256 e. The maximum atomic E-state index is 15.0. The van der Waals surface area contributed by atoms with Crippen LogP contribution in [0.1, 0.15) is 22.8 Å². The summed E-state index contributed by atoms with van der Waals surface area (Å²) < 4.78 is 18.8. The predicted octanol–water partition coefficient (Wildman–Crippen LogP) is 2.19. The van der Waals surface area contributed by atoms with E-state index in [1.807, 2.05) is 38.6 Å². The van der Waals surface area contributed by atoms with Crippen LogP contribution < -0.4 is 15.5 Å². The van der Waals surface area contributed by atoms with Crippen LogP contribution in [0.4, 0.5) is 21.7 Å². The number of nitrogens with zero attached hydrogens (tertiary/aromatic N) is 8. The molecule has 12 heteroatoms. The maximum Gasteiger partial charge on any atom is 0.256 e. The van der Waals surface area contributed by atoms with Crippen LogP contribution in [0.25, 0.3) is 5.65 Å². The number of carbonyl (C=O) groups is 1. The van der Waals surface area contributed by atoms with Crippen LogP contribution in [0.2, 0.25) is 0 Å². The molecule has 0 bridgehead atoms. The minimum absolute atomic E-state index is 0.0754. The highest BCUT2D eigenvalue weighted by Gasteiger charge is 2.45. The summed E-state index contributed by atoms with van der Waals surface area (Å²) in [5.41, 5.74) is 3.31. The van der Waals surface area contributed by atoms with Gasteiger partial charge in [-0.1, -0.05) is 6.92 Å². The first-order chi connectivity index (χ1) is 19.4. The highest BCUT2D eigenvalue weighted by Crippen LogP contribution is 2.35. The SMILES string of the molecule is CCc1cnn(C2(CNC)CN(c3cccn4nc(Nc5ccc(C(=O)N6CCN(C)CC6)c(F)c5)nc34)C2)c1. The lowest BCUT2D eigenvalue weighted by Crippen LogP contribution is -2.67. The zero-order valence-corrected chi connectivity index (χ0v) is 23.1. The summed E-state index contributed by atoms with van der Waals surface area (Å²) in [4.78, 5) is 23.7. The quantitative estimate of drug-likeness (QED) is 0.347. The van der Waals surface area contributed by atoms with Crippen molar-refractivity contribution in [3.05, 3.63) is 65.9 Å². The molecule has 210 valence electrons. The minimum Gasteiger partial charge on any atom is -0.363 e. The molecule has 6 rings (SSSR count). The average molecular weight is 547 g/mol. The van der Waals surface area contributed by atoms with Gasteiger partial charge in [0.15, 0.2) is 5.65 Å². The predicted molar refractivity (Wildman–Crippen MR) is 152 cm³/mol. The minimum atomic E-state index is -0.565. The zero-order chi connectivity index (χ0) is 27.9. The van der Waals surface area contributed by atoms with Gasteiger partial charge in [0.2, 0.25) is 5.95 Å². The average Bonchev–Trinajstić information content (AvgIpc) is 3.58. The number of benzene rings is 1. The fourth-order valence-electron chi connectivity index (χ4n) is 5.57. The lowest BCUT2D eigenvalue weighted by Gasteiger charge is -2.51. The van der Waals surface area contributed by atoms with Crippen molar-refractivity contribution in [1.29, 1.82) is 0 Å². The van der Waals surface area contributed by atoms with Crippen LogP contribution in [0.5, 0.6) is 0 Å². The Balaban J connectivity index is 1.18. The Labute approximate surface area is 232 Å². The number of pyridine rings is 1. The number of hydrogen-bond acceptors (Lipinski definition) is 8. The largest absolute Gasteiger partial charge is 0.363 e. The number of hydrogen-bond donors (Lipinski definition) is 2. The Morgan fingerprint density at radius 2 is 1.95 bits per heavy atom. The van der Waals surface area contributed by atoms with Gasteiger partial charge in [0.25, 0.3) is 5.91 Å². The maximum absolute atomic E-state index is 15.0. The molecule has 3 aromatic heterocycles. The number of rotatable bonds is 8. The summed E-state index contributed by atoms with van der Waals surface area (Å²) in [5.74, 6) is -0.492. The molecule has 0 spiro atoms. The normalized spacial score (nSPS) is 17.3. The topological polar surface area (TPSA) is 98.9 Å². The monoisotopic (exact) mass is 546 g/mol. The standard InChI is InChI=1S/C28H35FN10O/c1-4-20-15-31-39(16-20)28(17-30-2)18-37(19-28)24-6-5-9-38-25(24)33-27(34-38)32-21-7-8-22(23(29)14-21)26(40)36-12-10-35(3)11-13-36/h5-9,14-16,30H,4,10-13,17-19H2,1-3H3,(H,32,34). The summed E-state index contributed by atoms with van der Waals surface area (Å²) >= 11 is 0. The van der Waals surface area contributed by atoms with Crippen LogP contribution in [-0.2, 0) is 12.0 Å². The third-order valence-corrected chi connectivity index (χ3v) is 7.94. The van der Waals surface area contributed by atoms with Crippen molar-refractivity contribution in [3.63, 3.8) is 0 Å². The van der Waals surface area contributed by atoms with E-state index < -0.39 is 5.82 Å². The first kappa shape index (κ1) is 26.2. The van der Waals surface area contributed by atoms with Crippen molar-refractivity contribution >= 4 is 28.9 Å². The Kier molecular flexibility index (Phi) is 6.88. The van der Waals surface area contributed by atoms with Gasteiger partial charge in [0, 0.05) is 63.9 Å². The van der Waals surface area contributed by atoms with Gasteiger partial charge in [-0.3, -0.25) is 9.48 Å². The highest BCUT2D eigenvalue weighted by molar-refractivity contribution is 5.95. The summed E-state index contributed by atoms with van der Waals surface area (Å²) in [6.45, 7) is 7.25. The van der Waals surface area contributed by atoms with Gasteiger partial charge in [0.1, 0.15) is 11.4 Å². The van der Waals surface area contributed by atoms with E-state index in [2.05, 4.69) is 48.4 Å². The molecule has 1 amide bonds. The van der Waals surface area contributed by atoms with Crippen molar-refractivity contribution in [2.45, 2.75) is 18.9 Å². The van der Waals surface area contributed by atoms with Crippen molar-refractivity contribution < 1.29 is 9.18 Å². The summed E-state index contributed by atoms with van der Waals surface area (Å²) in [5, 5.41) is 15.6. The van der Waals surface area contributed by atoms with Crippen molar-refractivity contribution in [2.75, 3.05) is 70.1 Å². The number of halogens is 1. The molecule has 11 nitrogen and oxygen atoms in total. The number of aryl methyl sites for hydroxylation is 1. The fourth-order valence-corrected chi connectivity index (χ4v) is 5.57. The number of fused-ring (bicyclic) bond motifs is 1. The third-order valence-electron chi connectivity index (χ3n) is 7.94. The van der Waals surface area contributed by atoms with E-state index in [9.17, 15) is 9.18 Å². The molecule has 0 atom stereocenters. The van der Waals surface area contributed by atoms with Gasteiger partial charge in [-0.25, -0.2) is 8.91 Å². The van der Waals surface area contributed by atoms with E-state index in [0.29, 0.717) is 30.4 Å². The van der Waals surface area contributed by atoms with E-state index in [-0.39, 0.29) is 17.0 Å². The molecule has 2 aliphatic heterocycles. The third kappa shape index (κ3) is 4.77. The number of piperazine rings is 1. The van der Waals surface area contributed by atoms with Gasteiger partial charge >= 0.3 is 0 Å². The first-order valence-electron chi connectivity index (χ1n) is 13.7. The molecule has 0 unspecified atom stereocenters.